The number of sulfone groups is 1. The largest absolute Gasteiger partial charge is 0.479 e. The van der Waals surface area contributed by atoms with Crippen LogP contribution in [0.1, 0.15) is 6.42 Å². The molecule has 1 atom stereocenters. The molecule has 35 heavy (non-hydrogen) atoms. The predicted octanol–water partition coefficient (Wildman–Crippen LogP) is 3.19. The summed E-state index contributed by atoms with van der Waals surface area (Å²) in [5.41, 5.74) is 7.40. The van der Waals surface area contributed by atoms with Gasteiger partial charge in [-0.1, -0.05) is 54.3 Å². The van der Waals surface area contributed by atoms with Crippen LogP contribution in [0.3, 0.4) is 0 Å². The number of nitrogens with two attached hydrogens (primary N) is 1. The molecule has 0 heterocycles. The van der Waals surface area contributed by atoms with E-state index < -0.39 is 27.1 Å². The van der Waals surface area contributed by atoms with Gasteiger partial charge in [-0.05, 0) is 61.6 Å². The number of hydrogen-bond acceptors (Lipinski definition) is 7. The Bertz CT molecular complexity index is 1310. The first kappa shape index (κ1) is 25.8. The van der Waals surface area contributed by atoms with E-state index in [4.69, 9.17) is 15.5 Å². The molecule has 0 aliphatic heterocycles. The molecule has 3 rings (SSSR count). The molecule has 3 aromatic rings. The number of carbonyl (C=O) groups is 1. The maximum atomic E-state index is 13.1. The Labute approximate surface area is 204 Å². The lowest BCUT2D eigenvalue weighted by molar-refractivity contribution is -0.139. The normalized spacial score (nSPS) is 12.8. The molecule has 8 nitrogen and oxygen atoms in total. The van der Waals surface area contributed by atoms with Gasteiger partial charge >= 0.3 is 5.97 Å². The Morgan fingerprint density at radius 2 is 1.40 bits per heavy atom. The standard InChI is InChI=1S/C26H26N2O6S/c1-28(2)19-7-6-18-26(27,25(29)30)35(31,32)24-16-12-21(13-17-24)20-10-14-23(15-11-20)34-33-22-8-4-3-5-9-22/h3-5,8-17H,18-19,27H2,1-2H3,(H,29,30). The van der Waals surface area contributed by atoms with Crippen LogP contribution >= 0.6 is 0 Å². The zero-order valence-corrected chi connectivity index (χ0v) is 20.2. The van der Waals surface area contributed by atoms with Gasteiger partial charge in [-0.3, -0.25) is 14.7 Å². The average Bonchev–Trinajstić information content (AvgIpc) is 2.86. The Morgan fingerprint density at radius 1 is 0.886 bits per heavy atom. The molecule has 0 saturated carbocycles. The molecule has 0 aliphatic carbocycles. The third kappa shape index (κ3) is 6.19. The topological polar surface area (TPSA) is 119 Å². The third-order valence-corrected chi connectivity index (χ3v) is 7.21. The predicted molar refractivity (Wildman–Crippen MR) is 132 cm³/mol. The molecule has 182 valence electrons. The van der Waals surface area contributed by atoms with Gasteiger partial charge in [0.1, 0.15) is 0 Å². The van der Waals surface area contributed by atoms with Crippen molar-refractivity contribution in [3.63, 3.8) is 0 Å². The summed E-state index contributed by atoms with van der Waals surface area (Å²) in [5.74, 6) is 4.69. The van der Waals surface area contributed by atoms with Crippen LogP contribution in [0.2, 0.25) is 0 Å². The fourth-order valence-electron chi connectivity index (χ4n) is 3.01. The monoisotopic (exact) mass is 494 g/mol. The zero-order valence-electron chi connectivity index (χ0n) is 19.3. The molecule has 9 heteroatoms. The molecule has 0 aromatic heterocycles. The van der Waals surface area contributed by atoms with Crippen LogP contribution in [0.5, 0.6) is 11.5 Å². The zero-order chi connectivity index (χ0) is 25.5. The fourth-order valence-corrected chi connectivity index (χ4v) is 4.41. The molecule has 0 aliphatic rings. The van der Waals surface area contributed by atoms with E-state index in [1.165, 1.54) is 12.1 Å². The van der Waals surface area contributed by atoms with Gasteiger partial charge in [0.2, 0.25) is 14.7 Å². The highest BCUT2D eigenvalue weighted by molar-refractivity contribution is 7.93. The molecule has 3 aromatic carbocycles. The van der Waals surface area contributed by atoms with Crippen LogP contribution in [-0.2, 0) is 14.6 Å². The van der Waals surface area contributed by atoms with Gasteiger partial charge in [-0.25, -0.2) is 13.2 Å². The smallest absolute Gasteiger partial charge is 0.340 e. The van der Waals surface area contributed by atoms with E-state index in [0.29, 0.717) is 18.0 Å². The van der Waals surface area contributed by atoms with E-state index in [1.807, 2.05) is 18.2 Å². The van der Waals surface area contributed by atoms with Gasteiger partial charge < -0.3 is 10.8 Å². The third-order valence-electron chi connectivity index (χ3n) is 5.04. The molecule has 0 fully saturated rings. The van der Waals surface area contributed by atoms with Crippen molar-refractivity contribution in [3.8, 4) is 34.5 Å². The van der Waals surface area contributed by atoms with Crippen molar-refractivity contribution in [2.24, 2.45) is 5.73 Å². The molecular weight excluding hydrogens is 468 g/mol. The summed E-state index contributed by atoms with van der Waals surface area (Å²) in [5, 5.41) is 9.61. The second kappa shape index (κ2) is 11.1. The van der Waals surface area contributed by atoms with Gasteiger partial charge in [0.15, 0.2) is 11.5 Å². The van der Waals surface area contributed by atoms with Crippen LogP contribution in [-0.4, -0.2) is 49.9 Å². The summed E-state index contributed by atoms with van der Waals surface area (Å²) < 4.78 is 26.2. The van der Waals surface area contributed by atoms with Crippen molar-refractivity contribution in [1.82, 2.24) is 4.90 Å². The molecular formula is C26H26N2O6S. The number of hydrogen-bond donors (Lipinski definition) is 2. The van der Waals surface area contributed by atoms with Crippen molar-refractivity contribution in [2.75, 3.05) is 20.6 Å². The van der Waals surface area contributed by atoms with E-state index in [1.54, 1.807) is 67.5 Å². The number of aliphatic carboxylic acids is 1. The summed E-state index contributed by atoms with van der Waals surface area (Å²) in [6.45, 7) is 0.354. The highest BCUT2D eigenvalue weighted by atomic mass is 32.2. The summed E-state index contributed by atoms with van der Waals surface area (Å²) in [6.07, 6.45) is -0.535. The van der Waals surface area contributed by atoms with Crippen molar-refractivity contribution < 1.29 is 28.1 Å². The first-order valence-electron chi connectivity index (χ1n) is 10.6. The van der Waals surface area contributed by atoms with Crippen LogP contribution < -0.4 is 15.5 Å². The molecule has 0 saturated heterocycles. The fraction of sp³-hybridized carbons (Fsp3) is 0.192. The second-order valence-electron chi connectivity index (χ2n) is 7.99. The number of para-hydroxylation sites is 1. The minimum atomic E-state index is -4.41. The minimum absolute atomic E-state index is 0.197. The maximum absolute atomic E-state index is 13.1. The Morgan fingerprint density at radius 3 is 1.91 bits per heavy atom. The highest BCUT2D eigenvalue weighted by Gasteiger charge is 2.48. The lowest BCUT2D eigenvalue weighted by Crippen LogP contribution is -2.54. The van der Waals surface area contributed by atoms with Crippen LogP contribution in [0.15, 0.2) is 83.8 Å². The van der Waals surface area contributed by atoms with Gasteiger partial charge in [0, 0.05) is 0 Å². The van der Waals surface area contributed by atoms with Crippen molar-refractivity contribution in [2.45, 2.75) is 16.2 Å². The van der Waals surface area contributed by atoms with Gasteiger partial charge in [-0.2, -0.15) is 0 Å². The van der Waals surface area contributed by atoms with E-state index >= 15 is 0 Å². The summed E-state index contributed by atoms with van der Waals surface area (Å²) in [4.78, 5) is 21.4. The van der Waals surface area contributed by atoms with Crippen LogP contribution in [0.4, 0.5) is 0 Å². The van der Waals surface area contributed by atoms with Crippen LogP contribution in [0.25, 0.3) is 11.1 Å². The number of benzene rings is 3. The molecule has 0 amide bonds. The first-order chi connectivity index (χ1) is 16.6. The minimum Gasteiger partial charge on any atom is -0.479 e. The average molecular weight is 495 g/mol. The Hall–Kier alpha value is -3.84. The number of carboxylic acids is 1. The number of carboxylic acid groups (broad SMARTS) is 1. The first-order valence-corrected chi connectivity index (χ1v) is 12.1. The van der Waals surface area contributed by atoms with Gasteiger partial charge in [-0.15, -0.1) is 0 Å². The Balaban J connectivity index is 1.75. The number of nitrogens with zero attached hydrogens (tertiary/aromatic N) is 1. The Kier molecular flexibility index (Phi) is 8.14. The van der Waals surface area contributed by atoms with Crippen molar-refractivity contribution in [1.29, 1.82) is 0 Å². The summed E-state index contributed by atoms with van der Waals surface area (Å²) >= 11 is 0. The quantitative estimate of drug-likeness (QED) is 0.264. The van der Waals surface area contributed by atoms with E-state index in [0.717, 1.165) is 11.1 Å². The van der Waals surface area contributed by atoms with Crippen molar-refractivity contribution >= 4 is 15.8 Å². The maximum Gasteiger partial charge on any atom is 0.340 e. The molecule has 0 spiro atoms. The van der Waals surface area contributed by atoms with E-state index in [9.17, 15) is 18.3 Å². The van der Waals surface area contributed by atoms with Crippen molar-refractivity contribution in [3.05, 3.63) is 78.9 Å². The lowest BCUT2D eigenvalue weighted by Gasteiger charge is -2.22. The SMILES string of the molecule is CN(C)CC#CCC(N)(C(=O)O)S(=O)(=O)c1ccc(-c2ccc(OOc3ccccc3)cc2)cc1. The van der Waals surface area contributed by atoms with Crippen LogP contribution in [0, 0.1) is 11.8 Å². The highest BCUT2D eigenvalue weighted by Crippen LogP contribution is 2.28. The second-order valence-corrected chi connectivity index (χ2v) is 10.2. The summed E-state index contributed by atoms with van der Waals surface area (Å²) in [6, 6.07) is 21.9. The molecule has 1 unspecified atom stereocenters. The van der Waals surface area contributed by atoms with E-state index in [2.05, 4.69) is 11.8 Å². The lowest BCUT2D eigenvalue weighted by atomic mass is 10.1. The van der Waals surface area contributed by atoms with Gasteiger partial charge in [0.05, 0.1) is 17.9 Å². The summed E-state index contributed by atoms with van der Waals surface area (Å²) in [7, 11) is -0.833. The van der Waals surface area contributed by atoms with E-state index in [-0.39, 0.29) is 4.90 Å². The number of rotatable bonds is 9. The van der Waals surface area contributed by atoms with Gasteiger partial charge in [0.25, 0.3) is 0 Å². The molecule has 3 N–H and O–H groups in total. The molecule has 0 radical (unpaired) electrons. The molecule has 0 bridgehead atoms.